The minimum Gasteiger partial charge on any atom is -0.496 e. The zero-order chi connectivity index (χ0) is 13.2. The van der Waals surface area contributed by atoms with Crippen LogP contribution in [0, 0.1) is 0 Å². The summed E-state index contributed by atoms with van der Waals surface area (Å²) < 4.78 is 5.49. The molecule has 0 N–H and O–H groups in total. The van der Waals surface area contributed by atoms with Crippen LogP contribution in [0.2, 0.25) is 0 Å². The number of rotatable bonds is 3. The van der Waals surface area contributed by atoms with Gasteiger partial charge in [-0.25, -0.2) is 0 Å². The Morgan fingerprint density at radius 1 is 1.00 bits per heavy atom. The Morgan fingerprint density at radius 3 is 2.58 bits per heavy atom. The summed E-state index contributed by atoms with van der Waals surface area (Å²) >= 11 is 0. The SMILES string of the molecule is CCC1=Cc2c(cccc2-c2ccccc2OC)C1. The highest BCUT2D eigenvalue weighted by Crippen LogP contribution is 2.38. The Hall–Kier alpha value is -2.02. The molecular weight excluding hydrogens is 232 g/mol. The number of ether oxygens (including phenoxy) is 1. The molecule has 0 heterocycles. The number of fused-ring (bicyclic) bond motifs is 1. The maximum atomic E-state index is 5.49. The molecule has 3 rings (SSSR count). The summed E-state index contributed by atoms with van der Waals surface area (Å²) in [5, 5.41) is 0. The molecule has 1 aliphatic carbocycles. The summed E-state index contributed by atoms with van der Waals surface area (Å²) in [5.74, 6) is 0.939. The van der Waals surface area contributed by atoms with Crippen LogP contribution >= 0.6 is 0 Å². The lowest BCUT2D eigenvalue weighted by molar-refractivity contribution is 0.416. The van der Waals surface area contributed by atoms with Gasteiger partial charge in [-0.2, -0.15) is 0 Å². The topological polar surface area (TPSA) is 9.23 Å². The number of hydrogen-bond donors (Lipinski definition) is 0. The quantitative estimate of drug-likeness (QED) is 0.766. The summed E-state index contributed by atoms with van der Waals surface area (Å²) in [7, 11) is 1.73. The molecule has 0 amide bonds. The van der Waals surface area contributed by atoms with Gasteiger partial charge in [-0.1, -0.05) is 55.0 Å². The predicted octanol–water partition coefficient (Wildman–Crippen LogP) is 4.71. The van der Waals surface area contributed by atoms with Crippen molar-refractivity contribution in [3.8, 4) is 16.9 Å². The zero-order valence-corrected chi connectivity index (χ0v) is 11.4. The second kappa shape index (κ2) is 4.93. The standard InChI is InChI=1S/C18H18O/c1-3-13-11-14-7-6-9-15(17(14)12-13)16-8-4-5-10-18(16)19-2/h4-10,12H,3,11H2,1-2H3. The zero-order valence-electron chi connectivity index (χ0n) is 11.4. The number of methoxy groups -OCH3 is 1. The molecule has 19 heavy (non-hydrogen) atoms. The highest BCUT2D eigenvalue weighted by molar-refractivity contribution is 5.83. The molecule has 0 atom stereocenters. The molecule has 96 valence electrons. The van der Waals surface area contributed by atoms with E-state index in [1.807, 2.05) is 12.1 Å². The summed E-state index contributed by atoms with van der Waals surface area (Å²) in [6, 6.07) is 14.8. The molecule has 0 spiro atoms. The highest BCUT2D eigenvalue weighted by Gasteiger charge is 2.17. The Bertz CT molecular complexity index is 638. The van der Waals surface area contributed by atoms with Crippen LogP contribution in [0.3, 0.4) is 0 Å². The third kappa shape index (κ3) is 2.06. The van der Waals surface area contributed by atoms with E-state index in [1.165, 1.54) is 27.8 Å². The third-order valence-corrected chi connectivity index (χ3v) is 3.81. The lowest BCUT2D eigenvalue weighted by Crippen LogP contribution is -1.91. The predicted molar refractivity (Wildman–Crippen MR) is 80.4 cm³/mol. The number of benzene rings is 2. The van der Waals surface area contributed by atoms with Crippen LogP contribution in [-0.4, -0.2) is 7.11 Å². The number of hydrogen-bond acceptors (Lipinski definition) is 1. The van der Waals surface area contributed by atoms with Gasteiger partial charge in [0.25, 0.3) is 0 Å². The summed E-state index contributed by atoms with van der Waals surface area (Å²) in [6.07, 6.45) is 4.56. The van der Waals surface area contributed by atoms with Crippen LogP contribution in [0.4, 0.5) is 0 Å². The van der Waals surface area contributed by atoms with Crippen LogP contribution in [-0.2, 0) is 6.42 Å². The van der Waals surface area contributed by atoms with E-state index in [9.17, 15) is 0 Å². The summed E-state index contributed by atoms with van der Waals surface area (Å²) in [4.78, 5) is 0. The maximum absolute atomic E-state index is 5.49. The molecule has 0 aliphatic heterocycles. The van der Waals surface area contributed by atoms with Gasteiger partial charge in [0.1, 0.15) is 5.75 Å². The van der Waals surface area contributed by atoms with Crippen LogP contribution in [0.5, 0.6) is 5.75 Å². The molecule has 0 saturated heterocycles. The molecule has 1 nitrogen and oxygen atoms in total. The van der Waals surface area contributed by atoms with E-state index in [4.69, 9.17) is 4.74 Å². The van der Waals surface area contributed by atoms with Crippen molar-refractivity contribution in [2.24, 2.45) is 0 Å². The normalized spacial score (nSPS) is 13.1. The van der Waals surface area contributed by atoms with Crippen molar-refractivity contribution in [3.63, 3.8) is 0 Å². The molecule has 0 saturated carbocycles. The number of para-hydroxylation sites is 1. The Balaban J connectivity index is 2.17. The minimum absolute atomic E-state index is 0.939. The fourth-order valence-corrected chi connectivity index (χ4v) is 2.77. The van der Waals surface area contributed by atoms with Crippen molar-refractivity contribution in [1.82, 2.24) is 0 Å². The molecule has 2 aromatic rings. The molecule has 0 bridgehead atoms. The first-order chi connectivity index (χ1) is 9.33. The first-order valence-corrected chi connectivity index (χ1v) is 6.78. The molecule has 0 unspecified atom stereocenters. The second-order valence-electron chi connectivity index (χ2n) is 4.91. The van der Waals surface area contributed by atoms with Crippen molar-refractivity contribution in [2.75, 3.05) is 7.11 Å². The first kappa shape index (κ1) is 12.0. The lowest BCUT2D eigenvalue weighted by Gasteiger charge is -2.11. The van der Waals surface area contributed by atoms with Gasteiger partial charge < -0.3 is 4.74 Å². The third-order valence-electron chi connectivity index (χ3n) is 3.81. The minimum atomic E-state index is 0.939. The van der Waals surface area contributed by atoms with Crippen LogP contribution < -0.4 is 4.74 Å². The Labute approximate surface area is 114 Å². The molecule has 0 fully saturated rings. The van der Waals surface area contributed by atoms with E-state index in [0.29, 0.717) is 0 Å². The second-order valence-corrected chi connectivity index (χ2v) is 4.91. The summed E-state index contributed by atoms with van der Waals surface area (Å²) in [6.45, 7) is 2.22. The van der Waals surface area contributed by atoms with E-state index in [1.54, 1.807) is 7.11 Å². The van der Waals surface area contributed by atoms with E-state index < -0.39 is 0 Å². The molecule has 0 radical (unpaired) electrons. The van der Waals surface area contributed by atoms with E-state index in [2.05, 4.69) is 43.3 Å². The van der Waals surface area contributed by atoms with Crippen LogP contribution in [0.15, 0.2) is 48.0 Å². The fraction of sp³-hybridized carbons (Fsp3) is 0.222. The van der Waals surface area contributed by atoms with Gasteiger partial charge >= 0.3 is 0 Å². The van der Waals surface area contributed by atoms with Gasteiger partial charge in [0.2, 0.25) is 0 Å². The lowest BCUT2D eigenvalue weighted by atomic mass is 9.96. The Kier molecular flexibility index (Phi) is 3.12. The van der Waals surface area contributed by atoms with Gasteiger partial charge in [0, 0.05) is 5.56 Å². The van der Waals surface area contributed by atoms with Gasteiger partial charge in [-0.3, -0.25) is 0 Å². The van der Waals surface area contributed by atoms with E-state index in [0.717, 1.165) is 18.6 Å². The van der Waals surface area contributed by atoms with Crippen molar-refractivity contribution in [3.05, 3.63) is 59.2 Å². The maximum Gasteiger partial charge on any atom is 0.126 e. The molecule has 0 aromatic heterocycles. The smallest absolute Gasteiger partial charge is 0.126 e. The average molecular weight is 250 g/mol. The largest absolute Gasteiger partial charge is 0.496 e. The monoisotopic (exact) mass is 250 g/mol. The number of allylic oxidation sites excluding steroid dienone is 1. The van der Waals surface area contributed by atoms with Crippen LogP contribution in [0.1, 0.15) is 24.5 Å². The van der Waals surface area contributed by atoms with E-state index >= 15 is 0 Å². The molecule has 2 aromatic carbocycles. The Morgan fingerprint density at radius 2 is 1.79 bits per heavy atom. The highest BCUT2D eigenvalue weighted by atomic mass is 16.5. The fourth-order valence-electron chi connectivity index (χ4n) is 2.77. The molecule has 1 aliphatic rings. The van der Waals surface area contributed by atoms with E-state index in [-0.39, 0.29) is 0 Å². The van der Waals surface area contributed by atoms with Crippen molar-refractivity contribution >= 4 is 6.08 Å². The summed E-state index contributed by atoms with van der Waals surface area (Å²) in [5.41, 5.74) is 6.76. The average Bonchev–Trinajstić information content (AvgIpc) is 2.90. The first-order valence-electron chi connectivity index (χ1n) is 6.78. The molecular formula is C18H18O. The molecule has 1 heteroatoms. The van der Waals surface area contributed by atoms with Gasteiger partial charge in [-0.15, -0.1) is 0 Å². The van der Waals surface area contributed by atoms with Gasteiger partial charge in [0.05, 0.1) is 7.11 Å². The van der Waals surface area contributed by atoms with Gasteiger partial charge in [0.15, 0.2) is 0 Å². The van der Waals surface area contributed by atoms with Gasteiger partial charge in [-0.05, 0) is 35.6 Å². The van der Waals surface area contributed by atoms with Crippen molar-refractivity contribution in [2.45, 2.75) is 19.8 Å². The van der Waals surface area contributed by atoms with Crippen molar-refractivity contribution < 1.29 is 4.74 Å². The van der Waals surface area contributed by atoms with Crippen molar-refractivity contribution in [1.29, 1.82) is 0 Å². The van der Waals surface area contributed by atoms with Crippen LogP contribution in [0.25, 0.3) is 17.2 Å².